The van der Waals surface area contributed by atoms with Crippen molar-refractivity contribution < 1.29 is 19.8 Å². The second-order valence-electron chi connectivity index (χ2n) is 4.18. The van der Waals surface area contributed by atoms with E-state index in [1.807, 2.05) is 0 Å². The summed E-state index contributed by atoms with van der Waals surface area (Å²) in [6.07, 6.45) is 0.680. The highest BCUT2D eigenvalue weighted by molar-refractivity contribution is 9.12. The molecule has 6 heteroatoms. The Bertz CT molecular complexity index is 289. The molecule has 0 aliphatic heterocycles. The Morgan fingerprint density at radius 3 is 1.53 bits per heavy atom. The van der Waals surface area contributed by atoms with Crippen LogP contribution in [0.15, 0.2) is 0 Å². The van der Waals surface area contributed by atoms with Crippen molar-refractivity contribution in [2.45, 2.75) is 16.1 Å². The average Bonchev–Trinajstić information content (AvgIpc) is 2.64. The molecule has 0 aromatic carbocycles. The number of carbonyl (C=O) groups is 2. The van der Waals surface area contributed by atoms with Crippen LogP contribution in [0.25, 0.3) is 0 Å². The molecular weight excluding hydrogens is 332 g/mol. The third-order valence-corrected chi connectivity index (χ3v) is 6.75. The van der Waals surface area contributed by atoms with Crippen LogP contribution in [0.1, 0.15) is 6.42 Å². The Labute approximate surface area is 103 Å². The zero-order valence-electron chi connectivity index (χ0n) is 7.64. The molecule has 0 aromatic heterocycles. The summed E-state index contributed by atoms with van der Waals surface area (Å²) in [6, 6.07) is 0. The smallest absolute Gasteiger partial charge is 0.307 e. The van der Waals surface area contributed by atoms with Gasteiger partial charge in [0, 0.05) is 9.65 Å². The van der Waals surface area contributed by atoms with Crippen LogP contribution in [-0.4, -0.2) is 31.8 Å². The van der Waals surface area contributed by atoms with Gasteiger partial charge in [-0.15, -0.1) is 0 Å². The van der Waals surface area contributed by atoms with Gasteiger partial charge in [-0.3, -0.25) is 9.59 Å². The van der Waals surface area contributed by atoms with Crippen molar-refractivity contribution in [3.63, 3.8) is 0 Å². The van der Waals surface area contributed by atoms with Gasteiger partial charge in [0.15, 0.2) is 0 Å². The van der Waals surface area contributed by atoms with Gasteiger partial charge in [-0.1, -0.05) is 31.9 Å². The molecule has 0 aromatic rings. The molecule has 0 heterocycles. The lowest BCUT2D eigenvalue weighted by atomic mass is 9.79. The van der Waals surface area contributed by atoms with Crippen molar-refractivity contribution in [2.75, 3.05) is 0 Å². The fourth-order valence-electron chi connectivity index (χ4n) is 2.94. The molecule has 2 saturated carbocycles. The molecule has 0 amide bonds. The van der Waals surface area contributed by atoms with Crippen LogP contribution in [0.2, 0.25) is 0 Å². The largest absolute Gasteiger partial charge is 0.481 e. The van der Waals surface area contributed by atoms with E-state index in [9.17, 15) is 9.59 Å². The normalized spacial score (nSPS) is 48.1. The van der Waals surface area contributed by atoms with Crippen LogP contribution in [0.5, 0.6) is 0 Å². The fourth-order valence-corrected chi connectivity index (χ4v) is 4.82. The van der Waals surface area contributed by atoms with Crippen molar-refractivity contribution in [3.8, 4) is 0 Å². The van der Waals surface area contributed by atoms with Crippen LogP contribution in [0.3, 0.4) is 0 Å². The molecule has 2 aliphatic carbocycles. The van der Waals surface area contributed by atoms with E-state index in [1.54, 1.807) is 0 Å². The summed E-state index contributed by atoms with van der Waals surface area (Å²) >= 11 is 6.89. The van der Waals surface area contributed by atoms with E-state index in [1.165, 1.54) is 0 Å². The van der Waals surface area contributed by atoms with Crippen LogP contribution < -0.4 is 0 Å². The molecule has 2 bridgehead atoms. The van der Waals surface area contributed by atoms with Crippen LogP contribution >= 0.6 is 31.9 Å². The third kappa shape index (κ3) is 1.53. The van der Waals surface area contributed by atoms with E-state index < -0.39 is 23.8 Å². The second-order valence-corrected chi connectivity index (χ2v) is 6.29. The van der Waals surface area contributed by atoms with Gasteiger partial charge >= 0.3 is 11.9 Å². The third-order valence-electron chi connectivity index (χ3n) is 3.55. The molecule has 6 atom stereocenters. The van der Waals surface area contributed by atoms with Gasteiger partial charge in [0.05, 0.1) is 11.8 Å². The van der Waals surface area contributed by atoms with Crippen LogP contribution in [-0.2, 0) is 9.59 Å². The fraction of sp³-hybridized carbons (Fsp3) is 0.778. The van der Waals surface area contributed by atoms with E-state index in [2.05, 4.69) is 31.9 Å². The van der Waals surface area contributed by atoms with Gasteiger partial charge in [-0.25, -0.2) is 0 Å². The van der Waals surface area contributed by atoms with E-state index in [0.29, 0.717) is 6.42 Å². The number of hydrogen-bond donors (Lipinski definition) is 2. The molecule has 2 rings (SSSR count). The maximum Gasteiger partial charge on any atom is 0.307 e. The highest BCUT2D eigenvalue weighted by Crippen LogP contribution is 2.57. The van der Waals surface area contributed by atoms with E-state index in [-0.39, 0.29) is 21.5 Å². The van der Waals surface area contributed by atoms with Gasteiger partial charge in [0.25, 0.3) is 0 Å². The minimum Gasteiger partial charge on any atom is -0.481 e. The first-order chi connectivity index (χ1) is 6.95. The zero-order valence-corrected chi connectivity index (χ0v) is 10.8. The van der Waals surface area contributed by atoms with Crippen molar-refractivity contribution in [3.05, 3.63) is 0 Å². The summed E-state index contributed by atoms with van der Waals surface area (Å²) in [4.78, 5) is 22.3. The molecule has 84 valence electrons. The predicted molar refractivity (Wildman–Crippen MR) is 59.3 cm³/mol. The number of fused-ring (bicyclic) bond motifs is 2. The predicted octanol–water partition coefficient (Wildman–Crippen LogP) is 1.56. The quantitative estimate of drug-likeness (QED) is 0.747. The number of carboxylic acid groups (broad SMARTS) is 2. The summed E-state index contributed by atoms with van der Waals surface area (Å²) in [5.41, 5.74) is 0. The molecule has 0 spiro atoms. The molecular formula is C9H10Br2O4. The summed E-state index contributed by atoms with van der Waals surface area (Å²) < 4.78 is 0. The summed E-state index contributed by atoms with van der Waals surface area (Å²) in [7, 11) is 0. The molecule has 0 saturated heterocycles. The van der Waals surface area contributed by atoms with Gasteiger partial charge in [-0.05, 0) is 18.3 Å². The highest BCUT2D eigenvalue weighted by Gasteiger charge is 2.61. The van der Waals surface area contributed by atoms with Crippen molar-refractivity contribution in [1.29, 1.82) is 0 Å². The van der Waals surface area contributed by atoms with Gasteiger partial charge in [0.1, 0.15) is 0 Å². The Morgan fingerprint density at radius 1 is 0.933 bits per heavy atom. The lowest BCUT2D eigenvalue weighted by molar-refractivity contribution is -0.155. The Kier molecular flexibility index (Phi) is 2.83. The molecule has 2 N–H and O–H groups in total. The van der Waals surface area contributed by atoms with E-state index >= 15 is 0 Å². The summed E-state index contributed by atoms with van der Waals surface area (Å²) in [6.45, 7) is 0. The standard InChI is InChI=1S/C9H10Br2O4/c10-6-2-1-3(7(6)11)5(9(14)15)4(2)8(12)13/h2-7H,1H2,(H,12,13)(H,14,15)/t2-,3-,4-,5+,6+,7+/m1/s1. The highest BCUT2D eigenvalue weighted by atomic mass is 79.9. The number of alkyl halides is 2. The Hall–Kier alpha value is -0.100. The molecule has 0 radical (unpaired) electrons. The van der Waals surface area contributed by atoms with E-state index in [0.717, 1.165) is 0 Å². The first-order valence-corrected chi connectivity index (χ1v) is 6.52. The van der Waals surface area contributed by atoms with Gasteiger partial charge < -0.3 is 10.2 Å². The molecule has 2 aliphatic rings. The second kappa shape index (κ2) is 3.73. The number of hydrogen-bond acceptors (Lipinski definition) is 2. The number of carboxylic acids is 2. The maximum absolute atomic E-state index is 11.1. The van der Waals surface area contributed by atoms with Crippen molar-refractivity contribution >= 4 is 43.8 Å². The van der Waals surface area contributed by atoms with Crippen molar-refractivity contribution in [2.24, 2.45) is 23.7 Å². The maximum atomic E-state index is 11.1. The number of halogens is 2. The lowest BCUT2D eigenvalue weighted by Crippen LogP contribution is -2.43. The zero-order chi connectivity index (χ0) is 11.3. The Morgan fingerprint density at radius 2 is 1.27 bits per heavy atom. The van der Waals surface area contributed by atoms with Crippen LogP contribution in [0.4, 0.5) is 0 Å². The minimum atomic E-state index is -0.987. The SMILES string of the molecule is O=C(O)[C@@H]1[C@H]2C[C@@H]([C@H](Br)[C@H]2Br)[C@@H]1C(=O)O. The average molecular weight is 342 g/mol. The van der Waals surface area contributed by atoms with Crippen molar-refractivity contribution in [1.82, 2.24) is 0 Å². The van der Waals surface area contributed by atoms with E-state index in [4.69, 9.17) is 10.2 Å². The lowest BCUT2D eigenvalue weighted by Gasteiger charge is -2.31. The van der Waals surface area contributed by atoms with Gasteiger partial charge in [-0.2, -0.15) is 0 Å². The Balaban J connectivity index is 2.32. The topological polar surface area (TPSA) is 74.6 Å². The monoisotopic (exact) mass is 340 g/mol. The number of aliphatic carboxylic acids is 2. The summed E-state index contributed by atoms with van der Waals surface area (Å²) in [5.74, 6) is -3.61. The molecule has 0 unspecified atom stereocenters. The molecule has 4 nitrogen and oxygen atoms in total. The van der Waals surface area contributed by atoms with Gasteiger partial charge in [0.2, 0.25) is 0 Å². The van der Waals surface area contributed by atoms with Crippen LogP contribution in [0, 0.1) is 23.7 Å². The number of rotatable bonds is 2. The molecule has 2 fully saturated rings. The summed E-state index contributed by atoms with van der Waals surface area (Å²) in [5, 5.41) is 18.1. The minimum absolute atomic E-state index is 0.0687. The molecule has 15 heavy (non-hydrogen) atoms. The first-order valence-electron chi connectivity index (χ1n) is 4.69. The first kappa shape index (κ1) is 11.4.